The van der Waals surface area contributed by atoms with E-state index in [0.717, 1.165) is 0 Å². The van der Waals surface area contributed by atoms with Crippen molar-refractivity contribution in [3.8, 4) is 0 Å². The Morgan fingerprint density at radius 3 is 1.43 bits per heavy atom. The van der Waals surface area contributed by atoms with Gasteiger partial charge in [0.2, 0.25) is 10.7 Å². The minimum Gasteiger partial charge on any atom is -0.258 e. The molecule has 0 unspecified atom stereocenters. The molecule has 0 aliphatic rings. The fourth-order valence-corrected chi connectivity index (χ4v) is 9.44. The van der Waals surface area contributed by atoms with Gasteiger partial charge >= 0.3 is 10.1 Å². The molecule has 4 aromatic rings. The maximum Gasteiger partial charge on any atom is 0.428 e. The SMILES string of the molecule is Cc1ccccc1S([OH+]S(=O)(=O)c1c(F)c(F)c(F)c(F)c1F)(c1ccccc1)c1ccccc1. The van der Waals surface area contributed by atoms with Crippen LogP contribution in [0.25, 0.3) is 0 Å². The van der Waals surface area contributed by atoms with Gasteiger partial charge in [0.1, 0.15) is 0 Å². The molecule has 0 atom stereocenters. The number of hydrogen-bond acceptors (Lipinski definition) is 2. The summed E-state index contributed by atoms with van der Waals surface area (Å²) in [5.41, 5.74) is 0.617. The summed E-state index contributed by atoms with van der Waals surface area (Å²) in [6.45, 7) is 1.71. The van der Waals surface area contributed by atoms with Gasteiger partial charge in [-0.3, -0.25) is 3.63 Å². The molecule has 0 bridgehead atoms. The molecule has 4 aromatic carbocycles. The van der Waals surface area contributed by atoms with Gasteiger partial charge in [0.15, 0.2) is 23.3 Å². The fourth-order valence-electron chi connectivity index (χ4n) is 3.63. The normalized spacial score (nSPS) is 12.5. The smallest absolute Gasteiger partial charge is 0.258 e. The molecule has 0 aliphatic heterocycles. The monoisotopic (exact) mass is 525 g/mol. The number of aryl methyl sites for hydroxylation is 1. The van der Waals surface area contributed by atoms with E-state index in [2.05, 4.69) is 3.63 Å². The molecule has 4 rings (SSSR count). The van der Waals surface area contributed by atoms with Crippen LogP contribution in [0.3, 0.4) is 0 Å². The van der Waals surface area contributed by atoms with Crippen molar-refractivity contribution in [1.82, 2.24) is 0 Å². The van der Waals surface area contributed by atoms with Crippen LogP contribution in [0.1, 0.15) is 5.56 Å². The molecule has 0 amide bonds. The number of halogens is 5. The topological polar surface area (TPSA) is 46.9 Å². The summed E-state index contributed by atoms with van der Waals surface area (Å²) < 4.78 is 102. The van der Waals surface area contributed by atoms with Crippen molar-refractivity contribution < 1.29 is 34.0 Å². The van der Waals surface area contributed by atoms with Crippen molar-refractivity contribution in [2.75, 3.05) is 0 Å². The highest BCUT2D eigenvalue weighted by molar-refractivity contribution is 8.32. The van der Waals surface area contributed by atoms with Crippen LogP contribution in [0.4, 0.5) is 22.0 Å². The average molecular weight is 526 g/mol. The molecule has 0 aromatic heterocycles. The van der Waals surface area contributed by atoms with E-state index >= 15 is 0 Å². The summed E-state index contributed by atoms with van der Waals surface area (Å²) >= 11 is 0. The largest absolute Gasteiger partial charge is 0.428 e. The van der Waals surface area contributed by atoms with Gasteiger partial charge in [-0.25, -0.2) is 22.0 Å². The minimum atomic E-state index is -5.44. The first-order valence-corrected chi connectivity index (χ1v) is 13.1. The van der Waals surface area contributed by atoms with E-state index in [-0.39, 0.29) is 0 Å². The van der Waals surface area contributed by atoms with Gasteiger partial charge in [-0.05, 0) is 42.8 Å². The van der Waals surface area contributed by atoms with Crippen molar-refractivity contribution in [1.29, 1.82) is 0 Å². The molecule has 0 fully saturated rings. The second-order valence-electron chi connectivity index (χ2n) is 7.42. The molecule has 1 N–H and O–H groups in total. The Bertz CT molecular complexity index is 1430. The second-order valence-corrected chi connectivity index (χ2v) is 11.9. The van der Waals surface area contributed by atoms with Gasteiger partial charge < -0.3 is 0 Å². The highest BCUT2D eigenvalue weighted by atomic mass is 32.3. The molecule has 0 aliphatic carbocycles. The van der Waals surface area contributed by atoms with E-state index in [1.54, 1.807) is 91.9 Å². The lowest BCUT2D eigenvalue weighted by atomic mass is 10.2. The van der Waals surface area contributed by atoms with E-state index < -0.39 is 54.4 Å². The van der Waals surface area contributed by atoms with Crippen LogP contribution >= 0.6 is 10.3 Å². The number of hydrogen-bond donors (Lipinski definition) is 0. The third-order valence-electron chi connectivity index (χ3n) is 5.22. The van der Waals surface area contributed by atoms with Gasteiger partial charge in [-0.1, -0.05) is 54.6 Å². The maximum atomic E-state index is 14.6. The predicted octanol–water partition coefficient (Wildman–Crippen LogP) is 7.37. The van der Waals surface area contributed by atoms with Crippen molar-refractivity contribution in [3.63, 3.8) is 0 Å². The van der Waals surface area contributed by atoms with Crippen LogP contribution < -0.4 is 0 Å². The second kappa shape index (κ2) is 9.44. The van der Waals surface area contributed by atoms with Gasteiger partial charge in [0.25, 0.3) is 0 Å². The van der Waals surface area contributed by atoms with Crippen LogP contribution in [0, 0.1) is 36.0 Å². The first-order chi connectivity index (χ1) is 16.6. The Morgan fingerprint density at radius 2 is 0.971 bits per heavy atom. The quantitative estimate of drug-likeness (QED) is 0.0868. The number of benzene rings is 4. The molecule has 0 saturated heterocycles. The Labute approximate surface area is 200 Å². The summed E-state index contributed by atoms with van der Waals surface area (Å²) in [4.78, 5) is -0.808. The molecular formula is C25H18F5O3S2+. The Morgan fingerprint density at radius 1 is 0.571 bits per heavy atom. The lowest BCUT2D eigenvalue weighted by Gasteiger charge is -2.35. The summed E-state index contributed by atoms with van der Waals surface area (Å²) in [5, 5.41) is 0. The zero-order chi connectivity index (χ0) is 25.4. The van der Waals surface area contributed by atoms with Gasteiger partial charge in [0.05, 0.1) is 25.0 Å². The molecule has 3 nitrogen and oxygen atoms in total. The molecule has 182 valence electrons. The van der Waals surface area contributed by atoms with E-state index in [4.69, 9.17) is 0 Å². The first kappa shape index (κ1) is 24.9. The summed E-state index contributed by atoms with van der Waals surface area (Å²) in [7, 11) is -8.61. The van der Waals surface area contributed by atoms with Crippen LogP contribution in [0.2, 0.25) is 0 Å². The summed E-state index contributed by atoms with van der Waals surface area (Å²) in [6, 6.07) is 23.1. The van der Waals surface area contributed by atoms with E-state index in [1.165, 1.54) is 0 Å². The third kappa shape index (κ3) is 4.22. The Kier molecular flexibility index (Phi) is 6.72. The van der Waals surface area contributed by atoms with Crippen molar-refractivity contribution in [3.05, 3.63) is 120 Å². The van der Waals surface area contributed by atoms with Crippen LogP contribution in [0.15, 0.2) is 105 Å². The average Bonchev–Trinajstić information content (AvgIpc) is 2.86. The molecule has 0 radical (unpaired) electrons. The Hall–Kier alpha value is -3.21. The standard InChI is InChI=1S/C25H17F5O3S2/c1-16-10-8-9-15-19(16)34(17-11-4-2-5-12-17,18-13-6-3-7-14-18)33-35(31,32)25-23(29)21(27)20(26)22(28)24(25)30/h2-15H,1H3/p+1. The molecule has 0 heterocycles. The minimum absolute atomic E-state index is 0.382. The molecule has 0 saturated carbocycles. The lowest BCUT2D eigenvalue weighted by molar-refractivity contribution is 0.338. The van der Waals surface area contributed by atoms with E-state index in [0.29, 0.717) is 20.2 Å². The Balaban J connectivity index is 2.10. The van der Waals surface area contributed by atoms with Crippen LogP contribution in [-0.2, 0) is 10.1 Å². The van der Waals surface area contributed by atoms with E-state index in [1.807, 2.05) is 0 Å². The first-order valence-electron chi connectivity index (χ1n) is 10.1. The highest BCUT2D eigenvalue weighted by Crippen LogP contribution is 2.69. The van der Waals surface area contributed by atoms with Crippen molar-refractivity contribution in [2.24, 2.45) is 0 Å². The zero-order valence-corrected chi connectivity index (χ0v) is 19.7. The predicted molar refractivity (Wildman–Crippen MR) is 122 cm³/mol. The third-order valence-corrected chi connectivity index (χ3v) is 10.8. The van der Waals surface area contributed by atoms with Crippen molar-refractivity contribution >= 4 is 20.4 Å². The van der Waals surface area contributed by atoms with Gasteiger partial charge in [-0.15, -0.1) is 8.42 Å². The molecule has 35 heavy (non-hydrogen) atoms. The molecule has 10 heteroatoms. The van der Waals surface area contributed by atoms with Crippen LogP contribution in [0.5, 0.6) is 0 Å². The lowest BCUT2D eigenvalue weighted by Crippen LogP contribution is -2.22. The summed E-state index contributed by atoms with van der Waals surface area (Å²) in [6.07, 6.45) is 0. The molecular weight excluding hydrogens is 507 g/mol. The van der Waals surface area contributed by atoms with Crippen molar-refractivity contribution in [2.45, 2.75) is 26.5 Å². The highest BCUT2D eigenvalue weighted by Gasteiger charge is 2.47. The fraction of sp³-hybridized carbons (Fsp3) is 0.0400. The summed E-state index contributed by atoms with van der Waals surface area (Å²) in [5.74, 6) is -12.1. The van der Waals surface area contributed by atoms with Gasteiger partial charge in [0, 0.05) is 0 Å². The maximum absolute atomic E-state index is 14.6. The number of rotatable bonds is 6. The zero-order valence-electron chi connectivity index (χ0n) is 18.1. The van der Waals surface area contributed by atoms with E-state index in [9.17, 15) is 30.4 Å². The molecule has 0 spiro atoms. The van der Waals surface area contributed by atoms with Crippen LogP contribution in [-0.4, -0.2) is 12.0 Å². The van der Waals surface area contributed by atoms with Gasteiger partial charge in [-0.2, -0.15) is 0 Å².